The first-order valence-electron chi connectivity index (χ1n) is 9.47. The average Bonchev–Trinajstić information content (AvgIpc) is 2.67. The first-order valence-corrected chi connectivity index (χ1v) is 11.3. The molecule has 1 heterocycles. The summed E-state index contributed by atoms with van der Waals surface area (Å²) in [5.74, 6) is 0.806. The van der Waals surface area contributed by atoms with Crippen LogP contribution in [-0.2, 0) is 14.8 Å². The largest absolute Gasteiger partial charge is 0.486 e. The first-order chi connectivity index (χ1) is 13.7. The zero-order valence-corrected chi connectivity index (χ0v) is 17.8. The number of benzene rings is 2. The van der Waals surface area contributed by atoms with Gasteiger partial charge in [-0.25, -0.2) is 8.42 Å². The van der Waals surface area contributed by atoms with Crippen molar-refractivity contribution in [3.8, 4) is 11.5 Å². The molecule has 3 rings (SSSR count). The van der Waals surface area contributed by atoms with Crippen LogP contribution in [0.2, 0.25) is 0 Å². The lowest BCUT2D eigenvalue weighted by Gasteiger charge is -2.29. The Morgan fingerprint density at radius 3 is 2.34 bits per heavy atom. The van der Waals surface area contributed by atoms with Crippen LogP contribution >= 0.6 is 0 Å². The molecular formula is C21H26N2O5S. The van der Waals surface area contributed by atoms with Crippen molar-refractivity contribution in [2.24, 2.45) is 0 Å². The number of rotatable bonds is 6. The van der Waals surface area contributed by atoms with Gasteiger partial charge in [0.15, 0.2) is 11.5 Å². The number of nitrogens with one attached hydrogen (secondary N) is 1. The predicted molar refractivity (Wildman–Crippen MR) is 113 cm³/mol. The molecular weight excluding hydrogens is 392 g/mol. The molecule has 0 bridgehead atoms. The van der Waals surface area contributed by atoms with Crippen molar-refractivity contribution in [3.05, 3.63) is 48.0 Å². The van der Waals surface area contributed by atoms with Gasteiger partial charge in [0.05, 0.1) is 11.9 Å². The van der Waals surface area contributed by atoms with Gasteiger partial charge in [0.1, 0.15) is 19.3 Å². The number of carbonyl (C=O) groups excluding carboxylic acids is 1. The lowest BCUT2D eigenvalue weighted by molar-refractivity contribution is -0.116. The van der Waals surface area contributed by atoms with Crippen LogP contribution in [0.25, 0.3) is 0 Å². The minimum atomic E-state index is -3.73. The number of hydrogen-bond acceptors (Lipinski definition) is 5. The van der Waals surface area contributed by atoms with Gasteiger partial charge in [0.2, 0.25) is 15.9 Å². The fourth-order valence-electron chi connectivity index (χ4n) is 3.33. The molecule has 1 N–H and O–H groups in total. The molecule has 0 radical (unpaired) electrons. The molecule has 29 heavy (non-hydrogen) atoms. The number of amides is 1. The Morgan fingerprint density at radius 2 is 1.69 bits per heavy atom. The number of hydrogen-bond donors (Lipinski definition) is 1. The fourth-order valence-corrected chi connectivity index (χ4v) is 4.50. The highest BCUT2D eigenvalue weighted by molar-refractivity contribution is 7.92. The highest BCUT2D eigenvalue weighted by Crippen LogP contribution is 2.35. The molecule has 0 aromatic heterocycles. The molecule has 8 heteroatoms. The molecule has 0 saturated carbocycles. The summed E-state index contributed by atoms with van der Waals surface area (Å²) in [7, 11) is -3.73. The van der Waals surface area contributed by atoms with Gasteiger partial charge in [0.25, 0.3) is 0 Å². The van der Waals surface area contributed by atoms with Crippen molar-refractivity contribution in [2.45, 2.75) is 32.7 Å². The van der Waals surface area contributed by atoms with Crippen LogP contribution < -0.4 is 19.1 Å². The van der Waals surface area contributed by atoms with E-state index >= 15 is 0 Å². The van der Waals surface area contributed by atoms with E-state index in [4.69, 9.17) is 9.47 Å². The zero-order chi connectivity index (χ0) is 21.2. The molecule has 0 unspecified atom stereocenters. The molecule has 7 nitrogen and oxygen atoms in total. The number of nitrogens with zero attached hydrogens (tertiary/aromatic N) is 1. The van der Waals surface area contributed by atoms with Gasteiger partial charge in [-0.15, -0.1) is 0 Å². The summed E-state index contributed by atoms with van der Waals surface area (Å²) in [6.07, 6.45) is 1.08. The summed E-state index contributed by atoms with van der Waals surface area (Å²) in [6.45, 7) is 6.46. The quantitative estimate of drug-likeness (QED) is 0.777. The van der Waals surface area contributed by atoms with Crippen LogP contribution in [0.5, 0.6) is 11.5 Å². The maximum Gasteiger partial charge on any atom is 0.248 e. The zero-order valence-electron chi connectivity index (χ0n) is 17.0. The van der Waals surface area contributed by atoms with Crippen molar-refractivity contribution in [3.63, 3.8) is 0 Å². The molecule has 1 atom stereocenters. The Kier molecular flexibility index (Phi) is 6.02. The topological polar surface area (TPSA) is 84.9 Å². The molecule has 2 aromatic carbocycles. The standard InChI is InChI=1S/C21H26N2O5S/c1-14(2)17-7-5-6-8-18(17)22-21(24)15(3)23(29(4,25)26)16-9-10-19-20(13-16)28-12-11-27-19/h5-10,13-15H,11-12H2,1-4H3,(H,22,24)/t15-/m0/s1. The SMILES string of the molecule is CC(C)c1ccccc1NC(=O)[C@H](C)N(c1ccc2c(c1)OCCO2)S(C)(=O)=O. The Bertz CT molecular complexity index is 1000. The van der Waals surface area contributed by atoms with Gasteiger partial charge >= 0.3 is 0 Å². The second-order valence-corrected chi connectivity index (χ2v) is 9.15. The van der Waals surface area contributed by atoms with Crippen LogP contribution in [0.15, 0.2) is 42.5 Å². The lowest BCUT2D eigenvalue weighted by Crippen LogP contribution is -2.45. The van der Waals surface area contributed by atoms with Crippen molar-refractivity contribution in [1.29, 1.82) is 0 Å². The third-order valence-corrected chi connectivity index (χ3v) is 5.95. The summed E-state index contributed by atoms with van der Waals surface area (Å²) < 4.78 is 37.2. The molecule has 2 aromatic rings. The minimum absolute atomic E-state index is 0.214. The molecule has 1 aliphatic rings. The smallest absolute Gasteiger partial charge is 0.248 e. The maximum absolute atomic E-state index is 13.0. The number of anilines is 2. The van der Waals surface area contributed by atoms with Gasteiger partial charge < -0.3 is 14.8 Å². The summed E-state index contributed by atoms with van der Waals surface area (Å²) >= 11 is 0. The van der Waals surface area contributed by atoms with E-state index in [-0.39, 0.29) is 5.92 Å². The molecule has 156 valence electrons. The number of fused-ring (bicyclic) bond motifs is 1. The molecule has 1 amide bonds. The van der Waals surface area contributed by atoms with Crippen LogP contribution in [0.3, 0.4) is 0 Å². The molecule has 0 fully saturated rings. The first kappa shape index (κ1) is 21.0. The van der Waals surface area contributed by atoms with Gasteiger partial charge in [-0.05, 0) is 36.6 Å². The second kappa shape index (κ2) is 8.32. The summed E-state index contributed by atoms with van der Waals surface area (Å²) in [6, 6.07) is 11.4. The Balaban J connectivity index is 1.91. The summed E-state index contributed by atoms with van der Waals surface area (Å²) in [5, 5.41) is 2.88. The number of sulfonamides is 1. The monoisotopic (exact) mass is 418 g/mol. The van der Waals surface area contributed by atoms with E-state index in [9.17, 15) is 13.2 Å². The maximum atomic E-state index is 13.0. The third kappa shape index (κ3) is 4.64. The van der Waals surface area contributed by atoms with E-state index in [0.717, 1.165) is 16.1 Å². The Labute approximate surface area is 171 Å². The van der Waals surface area contributed by atoms with Crippen LogP contribution in [0.1, 0.15) is 32.3 Å². The Hall–Kier alpha value is -2.74. The van der Waals surface area contributed by atoms with E-state index in [1.54, 1.807) is 25.1 Å². The number of carbonyl (C=O) groups is 1. The Morgan fingerprint density at radius 1 is 1.03 bits per heavy atom. The van der Waals surface area contributed by atoms with Crippen molar-refractivity contribution in [1.82, 2.24) is 0 Å². The van der Waals surface area contributed by atoms with Crippen molar-refractivity contribution >= 4 is 27.3 Å². The number of ether oxygens (including phenoxy) is 2. The number of para-hydroxylation sites is 1. The van der Waals surface area contributed by atoms with Gasteiger partial charge in [0, 0.05) is 11.8 Å². The molecule has 0 saturated heterocycles. The van der Waals surface area contributed by atoms with E-state index in [1.807, 2.05) is 38.1 Å². The van der Waals surface area contributed by atoms with Crippen LogP contribution in [-0.4, -0.2) is 39.8 Å². The van der Waals surface area contributed by atoms with Crippen molar-refractivity contribution < 1.29 is 22.7 Å². The van der Waals surface area contributed by atoms with Gasteiger partial charge in [-0.3, -0.25) is 9.10 Å². The van der Waals surface area contributed by atoms with Gasteiger partial charge in [-0.2, -0.15) is 0 Å². The summed E-state index contributed by atoms with van der Waals surface area (Å²) in [4.78, 5) is 13.0. The highest BCUT2D eigenvalue weighted by atomic mass is 32.2. The van der Waals surface area contributed by atoms with E-state index < -0.39 is 22.0 Å². The fraction of sp³-hybridized carbons (Fsp3) is 0.381. The minimum Gasteiger partial charge on any atom is -0.486 e. The van der Waals surface area contributed by atoms with E-state index in [1.165, 1.54) is 0 Å². The lowest BCUT2D eigenvalue weighted by atomic mass is 10.0. The predicted octanol–water partition coefficient (Wildman–Crippen LogP) is 3.37. The molecule has 0 aliphatic carbocycles. The average molecular weight is 419 g/mol. The van der Waals surface area contributed by atoms with Crippen LogP contribution in [0, 0.1) is 0 Å². The van der Waals surface area contributed by atoms with Crippen molar-refractivity contribution in [2.75, 3.05) is 29.1 Å². The van der Waals surface area contributed by atoms with E-state index in [2.05, 4.69) is 5.32 Å². The van der Waals surface area contributed by atoms with E-state index in [0.29, 0.717) is 36.1 Å². The van der Waals surface area contributed by atoms with Crippen LogP contribution in [0.4, 0.5) is 11.4 Å². The van der Waals surface area contributed by atoms with Gasteiger partial charge in [-0.1, -0.05) is 32.0 Å². The summed E-state index contributed by atoms with van der Waals surface area (Å²) in [5.41, 5.74) is 2.00. The third-order valence-electron chi connectivity index (χ3n) is 4.71. The normalized spacial score (nSPS) is 14.4. The molecule has 0 spiro atoms. The second-order valence-electron chi connectivity index (χ2n) is 7.29. The highest BCUT2D eigenvalue weighted by Gasteiger charge is 2.30. The molecule has 1 aliphatic heterocycles.